The average Bonchev–Trinajstić information content (AvgIpc) is 2.72. The molecule has 0 radical (unpaired) electrons. The van der Waals surface area contributed by atoms with Gasteiger partial charge in [0.2, 0.25) is 17.7 Å². The van der Waals surface area contributed by atoms with Crippen molar-refractivity contribution in [2.24, 2.45) is 11.8 Å². The van der Waals surface area contributed by atoms with Crippen LogP contribution in [0.15, 0.2) is 0 Å². The van der Waals surface area contributed by atoms with E-state index in [9.17, 15) is 19.2 Å². The van der Waals surface area contributed by atoms with E-state index in [1.165, 1.54) is 19.0 Å². The fourth-order valence-electron chi connectivity index (χ4n) is 3.81. The Morgan fingerprint density at radius 1 is 1.19 bits per heavy atom. The molecule has 3 N–H and O–H groups in total. The molecular weight excluding hydrogens is 400 g/mol. The van der Waals surface area contributed by atoms with Crippen LogP contribution >= 0.6 is 0 Å². The molecule has 9 heteroatoms. The molecule has 3 amide bonds. The van der Waals surface area contributed by atoms with Gasteiger partial charge in [0.15, 0.2) is 5.78 Å². The molecule has 0 spiro atoms. The van der Waals surface area contributed by atoms with Gasteiger partial charge in [-0.3, -0.25) is 29.0 Å². The Bertz CT molecular complexity index is 611. The molecule has 1 aliphatic rings. The lowest BCUT2D eigenvalue weighted by atomic mass is 9.94. The van der Waals surface area contributed by atoms with E-state index in [1.54, 1.807) is 0 Å². The van der Waals surface area contributed by atoms with Gasteiger partial charge in [0.05, 0.1) is 13.2 Å². The van der Waals surface area contributed by atoms with Crippen LogP contribution in [0.25, 0.3) is 0 Å². The van der Waals surface area contributed by atoms with Crippen molar-refractivity contribution in [1.82, 2.24) is 21.2 Å². The molecule has 1 rings (SSSR count). The van der Waals surface area contributed by atoms with Crippen molar-refractivity contribution < 1.29 is 24.0 Å². The Labute approximate surface area is 185 Å². The van der Waals surface area contributed by atoms with Gasteiger partial charge in [0.25, 0.3) is 0 Å². The van der Waals surface area contributed by atoms with Gasteiger partial charge in [-0.05, 0) is 38.5 Å². The predicted octanol–water partition coefficient (Wildman–Crippen LogP) is 1.87. The van der Waals surface area contributed by atoms with E-state index in [0.29, 0.717) is 25.8 Å². The SMILES string of the molecule is CCCCC[C@H](CC(=O)NOC)C(=O)N1NCCC[C@H]1C(=O)NC(CC(C)C)C(C)=O. The first-order valence-corrected chi connectivity index (χ1v) is 11.4. The van der Waals surface area contributed by atoms with Gasteiger partial charge in [-0.1, -0.05) is 40.0 Å². The first-order valence-electron chi connectivity index (χ1n) is 11.4. The lowest BCUT2D eigenvalue weighted by molar-refractivity contribution is -0.152. The van der Waals surface area contributed by atoms with Gasteiger partial charge < -0.3 is 5.32 Å². The molecule has 31 heavy (non-hydrogen) atoms. The zero-order valence-corrected chi connectivity index (χ0v) is 19.7. The molecule has 0 aromatic rings. The number of Topliss-reactive ketones (excluding diaryl/α,β-unsaturated/α-hetero) is 1. The zero-order chi connectivity index (χ0) is 23.4. The third kappa shape index (κ3) is 9.35. The van der Waals surface area contributed by atoms with E-state index in [-0.39, 0.29) is 35.8 Å². The van der Waals surface area contributed by atoms with Crippen molar-refractivity contribution in [1.29, 1.82) is 0 Å². The molecule has 0 saturated carbocycles. The van der Waals surface area contributed by atoms with Crippen molar-refractivity contribution in [3.05, 3.63) is 0 Å². The number of hydrogen-bond acceptors (Lipinski definition) is 6. The first kappa shape index (κ1) is 27.0. The summed E-state index contributed by atoms with van der Waals surface area (Å²) in [6.45, 7) is 8.10. The normalized spacial score (nSPS) is 18.4. The van der Waals surface area contributed by atoms with E-state index in [4.69, 9.17) is 0 Å². The summed E-state index contributed by atoms with van der Waals surface area (Å²) >= 11 is 0. The average molecular weight is 441 g/mol. The second kappa shape index (κ2) is 14.1. The molecule has 1 aliphatic heterocycles. The fraction of sp³-hybridized carbons (Fsp3) is 0.818. The molecule has 0 aromatic carbocycles. The van der Waals surface area contributed by atoms with Crippen LogP contribution in [0.3, 0.4) is 0 Å². The minimum Gasteiger partial charge on any atom is -0.344 e. The minimum atomic E-state index is -0.713. The molecule has 9 nitrogen and oxygen atoms in total. The van der Waals surface area contributed by atoms with Gasteiger partial charge >= 0.3 is 0 Å². The summed E-state index contributed by atoms with van der Waals surface area (Å²) < 4.78 is 0. The number of rotatable bonds is 13. The zero-order valence-electron chi connectivity index (χ0n) is 19.7. The third-order valence-corrected chi connectivity index (χ3v) is 5.46. The summed E-state index contributed by atoms with van der Waals surface area (Å²) in [6.07, 6.45) is 5.12. The van der Waals surface area contributed by atoms with Gasteiger partial charge in [-0.15, -0.1) is 0 Å². The highest BCUT2D eigenvalue weighted by Gasteiger charge is 2.37. The number of carbonyl (C=O) groups excluding carboxylic acids is 4. The third-order valence-electron chi connectivity index (χ3n) is 5.46. The minimum absolute atomic E-state index is 0.00761. The number of hydroxylamine groups is 1. The topological polar surface area (TPSA) is 117 Å². The molecule has 178 valence electrons. The van der Waals surface area contributed by atoms with Gasteiger partial charge in [0, 0.05) is 18.9 Å². The molecule has 1 saturated heterocycles. The maximum atomic E-state index is 13.3. The molecule has 0 aromatic heterocycles. The van der Waals surface area contributed by atoms with Gasteiger partial charge in [-0.25, -0.2) is 10.9 Å². The van der Waals surface area contributed by atoms with Crippen LogP contribution in [-0.2, 0) is 24.0 Å². The summed E-state index contributed by atoms with van der Waals surface area (Å²) in [5, 5.41) is 4.21. The Kier molecular flexibility index (Phi) is 12.3. The van der Waals surface area contributed by atoms with Crippen LogP contribution in [0.2, 0.25) is 0 Å². The van der Waals surface area contributed by atoms with E-state index >= 15 is 0 Å². The summed E-state index contributed by atoms with van der Waals surface area (Å²) in [5.74, 6) is -1.39. The smallest absolute Gasteiger partial charge is 0.245 e. The highest BCUT2D eigenvalue weighted by molar-refractivity contribution is 5.93. The Hall–Kier alpha value is -2.00. The van der Waals surface area contributed by atoms with Crippen LogP contribution in [-0.4, -0.2) is 54.3 Å². The van der Waals surface area contributed by atoms with E-state index in [1.807, 2.05) is 13.8 Å². The van der Waals surface area contributed by atoms with Gasteiger partial charge in [0.1, 0.15) is 6.04 Å². The summed E-state index contributed by atoms with van der Waals surface area (Å²) in [7, 11) is 1.35. The van der Waals surface area contributed by atoms with Crippen LogP contribution in [0.4, 0.5) is 0 Å². The maximum Gasteiger partial charge on any atom is 0.245 e. The highest BCUT2D eigenvalue weighted by atomic mass is 16.6. The first-order chi connectivity index (χ1) is 14.7. The standard InChI is InChI=1S/C22H40N4O5/c1-6-7-8-10-17(14-20(28)25-31-5)22(30)26-19(11-9-12-23-26)21(29)24-18(16(4)27)13-15(2)3/h15,17-19,23H,6-14H2,1-5H3,(H,24,29)(H,25,28)/t17-,18?,19+/m1/s1. The van der Waals surface area contributed by atoms with Crippen LogP contribution in [0.5, 0.6) is 0 Å². The summed E-state index contributed by atoms with van der Waals surface area (Å²) in [6, 6.07) is -1.28. The van der Waals surface area contributed by atoms with Crippen LogP contribution in [0, 0.1) is 11.8 Å². The Balaban J connectivity index is 2.95. The number of hydrazine groups is 1. The molecule has 1 fully saturated rings. The molecule has 0 bridgehead atoms. The predicted molar refractivity (Wildman–Crippen MR) is 117 cm³/mol. The number of unbranched alkanes of at least 4 members (excludes halogenated alkanes) is 2. The fourth-order valence-corrected chi connectivity index (χ4v) is 3.81. The quantitative estimate of drug-likeness (QED) is 0.297. The second-order valence-electron chi connectivity index (χ2n) is 8.70. The Morgan fingerprint density at radius 2 is 1.90 bits per heavy atom. The van der Waals surface area contributed by atoms with E-state index < -0.39 is 18.0 Å². The van der Waals surface area contributed by atoms with Crippen molar-refractivity contribution in [3.63, 3.8) is 0 Å². The second-order valence-corrected chi connectivity index (χ2v) is 8.70. The van der Waals surface area contributed by atoms with Crippen molar-refractivity contribution in [3.8, 4) is 0 Å². The molecule has 1 unspecified atom stereocenters. The van der Waals surface area contributed by atoms with Crippen LogP contribution in [0.1, 0.15) is 79.1 Å². The van der Waals surface area contributed by atoms with Crippen molar-refractivity contribution >= 4 is 23.5 Å². The number of amides is 3. The monoisotopic (exact) mass is 440 g/mol. The number of ketones is 1. The largest absolute Gasteiger partial charge is 0.344 e. The summed E-state index contributed by atoms with van der Waals surface area (Å²) in [5.41, 5.74) is 5.31. The molecule has 3 atom stereocenters. The lowest BCUT2D eigenvalue weighted by Gasteiger charge is -2.37. The maximum absolute atomic E-state index is 13.3. The number of nitrogens with zero attached hydrogens (tertiary/aromatic N) is 1. The van der Waals surface area contributed by atoms with Crippen molar-refractivity contribution in [2.45, 2.75) is 91.1 Å². The van der Waals surface area contributed by atoms with Gasteiger partial charge in [-0.2, -0.15) is 0 Å². The summed E-state index contributed by atoms with van der Waals surface area (Å²) in [4.78, 5) is 55.1. The number of carbonyl (C=O) groups is 4. The highest BCUT2D eigenvalue weighted by Crippen LogP contribution is 2.21. The molecule has 1 heterocycles. The lowest BCUT2D eigenvalue weighted by Crippen LogP contribution is -2.61. The van der Waals surface area contributed by atoms with Crippen molar-refractivity contribution in [2.75, 3.05) is 13.7 Å². The van der Waals surface area contributed by atoms with E-state index in [2.05, 4.69) is 28.0 Å². The molecular formula is C22H40N4O5. The van der Waals surface area contributed by atoms with Crippen LogP contribution < -0.4 is 16.2 Å². The number of nitrogens with one attached hydrogen (secondary N) is 3. The Morgan fingerprint density at radius 3 is 2.48 bits per heavy atom. The van der Waals surface area contributed by atoms with E-state index in [0.717, 1.165) is 25.7 Å². The molecule has 0 aliphatic carbocycles. The number of hydrogen-bond donors (Lipinski definition) is 3.